The van der Waals surface area contributed by atoms with E-state index in [1.807, 2.05) is 0 Å². The normalized spacial score (nSPS) is 48.8. The van der Waals surface area contributed by atoms with Crippen molar-refractivity contribution in [2.75, 3.05) is 19.6 Å². The minimum atomic E-state index is -0.0691. The van der Waals surface area contributed by atoms with Crippen molar-refractivity contribution in [1.82, 2.24) is 5.32 Å². The number of nitrogens with two attached hydrogens (primary N) is 3. The van der Waals surface area contributed by atoms with Crippen LogP contribution in [0.15, 0.2) is 0 Å². The molecule has 4 nitrogen and oxygen atoms in total. The Kier molecular flexibility index (Phi) is 4.83. The van der Waals surface area contributed by atoms with Crippen LogP contribution in [0.5, 0.6) is 0 Å². The van der Waals surface area contributed by atoms with Gasteiger partial charge in [0.1, 0.15) is 0 Å². The molecule has 0 saturated heterocycles. The van der Waals surface area contributed by atoms with Crippen molar-refractivity contribution in [3.63, 3.8) is 0 Å². The Balaban J connectivity index is 1.65. The second kappa shape index (κ2) is 6.29. The van der Waals surface area contributed by atoms with Gasteiger partial charge in [-0.1, -0.05) is 20.8 Å². The van der Waals surface area contributed by atoms with E-state index in [0.717, 1.165) is 44.3 Å². The van der Waals surface area contributed by atoms with Gasteiger partial charge in [0.05, 0.1) is 0 Å². The molecular formula is C19H38N4. The summed E-state index contributed by atoms with van der Waals surface area (Å²) in [5.74, 6) is 3.53. The van der Waals surface area contributed by atoms with E-state index in [9.17, 15) is 0 Å². The summed E-state index contributed by atoms with van der Waals surface area (Å²) in [5, 5.41) is 3.89. The zero-order valence-electron chi connectivity index (χ0n) is 15.4. The van der Waals surface area contributed by atoms with E-state index in [-0.39, 0.29) is 5.54 Å². The van der Waals surface area contributed by atoms with Gasteiger partial charge < -0.3 is 22.5 Å². The minimum Gasteiger partial charge on any atom is -0.330 e. The number of hydrogen-bond donors (Lipinski definition) is 4. The zero-order valence-corrected chi connectivity index (χ0v) is 15.4. The number of nitrogens with one attached hydrogen (secondary N) is 1. The summed E-state index contributed by atoms with van der Waals surface area (Å²) < 4.78 is 0. The molecule has 0 aromatic heterocycles. The lowest BCUT2D eigenvalue weighted by molar-refractivity contribution is 0.0960. The summed E-state index contributed by atoms with van der Waals surface area (Å²) in [6.07, 6.45) is 6.16. The van der Waals surface area contributed by atoms with Crippen LogP contribution in [-0.4, -0.2) is 31.2 Å². The first kappa shape index (κ1) is 17.7. The molecule has 7 unspecified atom stereocenters. The molecule has 4 heteroatoms. The van der Waals surface area contributed by atoms with E-state index in [0.29, 0.717) is 29.2 Å². The van der Waals surface area contributed by atoms with Crippen LogP contribution in [0.4, 0.5) is 0 Å². The Labute approximate surface area is 142 Å². The molecule has 7 atom stereocenters. The molecular weight excluding hydrogens is 284 g/mol. The third-order valence-corrected chi connectivity index (χ3v) is 7.07. The summed E-state index contributed by atoms with van der Waals surface area (Å²) in [7, 11) is 0. The predicted octanol–water partition coefficient (Wildman–Crippen LogP) is 1.68. The van der Waals surface area contributed by atoms with Crippen molar-refractivity contribution in [1.29, 1.82) is 0 Å². The van der Waals surface area contributed by atoms with Gasteiger partial charge in [-0.2, -0.15) is 0 Å². The Bertz CT molecular complexity index is 424. The SMILES string of the molecule is CC1CC(C)(C)CC(N)(CNC2C(CN)C3CC(CN)C2C3)C1. The van der Waals surface area contributed by atoms with Crippen LogP contribution < -0.4 is 22.5 Å². The van der Waals surface area contributed by atoms with Gasteiger partial charge in [-0.05, 0) is 80.2 Å². The standard InChI is InChI=1S/C19H38N4/c1-12-6-18(2,3)10-19(22,7-12)11-23-17-15-5-13(16(17)9-21)4-14(15)8-20/h12-17,23H,4-11,20-22H2,1-3H3. The van der Waals surface area contributed by atoms with Gasteiger partial charge >= 0.3 is 0 Å². The van der Waals surface area contributed by atoms with Crippen LogP contribution in [0, 0.1) is 35.0 Å². The molecule has 0 aromatic carbocycles. The lowest BCUT2D eigenvalue weighted by atomic mass is 9.64. The molecule has 0 amide bonds. The molecule has 2 bridgehead atoms. The number of hydrogen-bond acceptors (Lipinski definition) is 4. The maximum Gasteiger partial charge on any atom is 0.0288 e. The van der Waals surface area contributed by atoms with Gasteiger partial charge in [0.25, 0.3) is 0 Å². The quantitative estimate of drug-likeness (QED) is 0.620. The highest BCUT2D eigenvalue weighted by atomic mass is 15.0. The van der Waals surface area contributed by atoms with Crippen molar-refractivity contribution in [3.05, 3.63) is 0 Å². The molecule has 0 spiro atoms. The van der Waals surface area contributed by atoms with E-state index in [2.05, 4.69) is 26.1 Å². The van der Waals surface area contributed by atoms with Crippen LogP contribution in [0.2, 0.25) is 0 Å². The number of rotatable bonds is 5. The molecule has 0 radical (unpaired) electrons. The van der Waals surface area contributed by atoms with Crippen molar-refractivity contribution in [2.24, 2.45) is 52.2 Å². The predicted molar refractivity (Wildman–Crippen MR) is 96.8 cm³/mol. The first-order valence-electron chi connectivity index (χ1n) is 9.69. The van der Waals surface area contributed by atoms with E-state index in [1.165, 1.54) is 19.3 Å². The van der Waals surface area contributed by atoms with Gasteiger partial charge in [0, 0.05) is 18.1 Å². The van der Waals surface area contributed by atoms with Gasteiger partial charge in [0.2, 0.25) is 0 Å². The maximum atomic E-state index is 6.84. The highest BCUT2D eigenvalue weighted by Crippen LogP contribution is 2.51. The fraction of sp³-hybridized carbons (Fsp3) is 1.00. The van der Waals surface area contributed by atoms with Gasteiger partial charge in [-0.15, -0.1) is 0 Å². The molecule has 23 heavy (non-hydrogen) atoms. The Morgan fingerprint density at radius 1 is 1.09 bits per heavy atom. The summed E-state index contributed by atoms with van der Waals surface area (Å²) in [6, 6.07) is 0.535. The van der Waals surface area contributed by atoms with E-state index >= 15 is 0 Å². The highest BCUT2D eigenvalue weighted by Gasteiger charge is 2.52. The molecule has 134 valence electrons. The average Bonchev–Trinajstić information content (AvgIpc) is 2.99. The molecule has 3 aliphatic carbocycles. The summed E-state index contributed by atoms with van der Waals surface area (Å²) >= 11 is 0. The van der Waals surface area contributed by atoms with Crippen LogP contribution in [-0.2, 0) is 0 Å². The minimum absolute atomic E-state index is 0.0691. The van der Waals surface area contributed by atoms with Crippen molar-refractivity contribution < 1.29 is 0 Å². The maximum absolute atomic E-state index is 6.84. The van der Waals surface area contributed by atoms with Crippen LogP contribution in [0.3, 0.4) is 0 Å². The molecule has 0 aromatic rings. The molecule has 3 rings (SSSR count). The molecule has 3 aliphatic rings. The first-order chi connectivity index (χ1) is 10.8. The molecule has 7 N–H and O–H groups in total. The molecule has 3 fully saturated rings. The summed E-state index contributed by atoms with van der Waals surface area (Å²) in [4.78, 5) is 0. The number of fused-ring (bicyclic) bond motifs is 2. The third kappa shape index (κ3) is 3.46. The fourth-order valence-electron chi connectivity index (χ4n) is 6.78. The fourth-order valence-corrected chi connectivity index (χ4v) is 6.78. The second-order valence-electron chi connectivity index (χ2n) is 9.91. The van der Waals surface area contributed by atoms with Gasteiger partial charge in [-0.3, -0.25) is 0 Å². The van der Waals surface area contributed by atoms with E-state index in [4.69, 9.17) is 17.2 Å². The second-order valence-corrected chi connectivity index (χ2v) is 9.91. The van der Waals surface area contributed by atoms with Crippen molar-refractivity contribution in [2.45, 2.75) is 64.5 Å². The molecule has 0 heterocycles. The third-order valence-electron chi connectivity index (χ3n) is 7.07. The Hall–Kier alpha value is -0.160. The van der Waals surface area contributed by atoms with Crippen LogP contribution in [0.1, 0.15) is 52.9 Å². The van der Waals surface area contributed by atoms with E-state index in [1.54, 1.807) is 0 Å². The van der Waals surface area contributed by atoms with Crippen LogP contribution >= 0.6 is 0 Å². The smallest absolute Gasteiger partial charge is 0.0288 e. The van der Waals surface area contributed by atoms with Crippen LogP contribution in [0.25, 0.3) is 0 Å². The molecule has 0 aliphatic heterocycles. The Morgan fingerprint density at radius 3 is 2.43 bits per heavy atom. The molecule has 3 saturated carbocycles. The van der Waals surface area contributed by atoms with Gasteiger partial charge in [-0.25, -0.2) is 0 Å². The van der Waals surface area contributed by atoms with Gasteiger partial charge in [0.15, 0.2) is 0 Å². The lowest BCUT2D eigenvalue weighted by Crippen LogP contribution is -2.59. The zero-order chi connectivity index (χ0) is 16.8. The average molecular weight is 323 g/mol. The topological polar surface area (TPSA) is 90.1 Å². The monoisotopic (exact) mass is 322 g/mol. The highest BCUT2D eigenvalue weighted by molar-refractivity contribution is 5.06. The van der Waals surface area contributed by atoms with Crippen molar-refractivity contribution in [3.8, 4) is 0 Å². The summed E-state index contributed by atoms with van der Waals surface area (Å²) in [6.45, 7) is 9.66. The Morgan fingerprint density at radius 2 is 1.83 bits per heavy atom. The first-order valence-corrected chi connectivity index (χ1v) is 9.69. The summed E-state index contributed by atoms with van der Waals surface area (Å²) in [5.41, 5.74) is 19.2. The largest absolute Gasteiger partial charge is 0.330 e. The van der Waals surface area contributed by atoms with E-state index < -0.39 is 0 Å². The lowest BCUT2D eigenvalue weighted by Gasteiger charge is -2.47. The van der Waals surface area contributed by atoms with Crippen molar-refractivity contribution >= 4 is 0 Å².